The van der Waals surface area contributed by atoms with E-state index in [2.05, 4.69) is 13.8 Å². The fraction of sp³-hybridized carbons (Fsp3) is 0.550. The van der Waals surface area contributed by atoms with Gasteiger partial charge in [0.05, 0.1) is 24.7 Å². The molecule has 1 aromatic carbocycles. The molecule has 1 fully saturated rings. The minimum Gasteiger partial charge on any atom is -0.497 e. The van der Waals surface area contributed by atoms with Gasteiger partial charge in [-0.1, -0.05) is 13.8 Å². The van der Waals surface area contributed by atoms with Crippen LogP contribution >= 0.6 is 11.8 Å². The number of aliphatic imine (C=N–C) groups is 2. The predicted molar refractivity (Wildman–Crippen MR) is 107 cm³/mol. The third-order valence-corrected chi connectivity index (χ3v) is 5.96. The molecule has 2 atom stereocenters. The number of ether oxygens (including phenoxy) is 2. The number of thioether (sulfide) groups is 1. The molecule has 1 saturated carbocycles. The highest BCUT2D eigenvalue weighted by atomic mass is 32.2. The van der Waals surface area contributed by atoms with Crippen molar-refractivity contribution in [3.05, 3.63) is 24.3 Å². The van der Waals surface area contributed by atoms with Crippen LogP contribution in [0.1, 0.15) is 33.6 Å². The van der Waals surface area contributed by atoms with Crippen molar-refractivity contribution in [3.63, 3.8) is 0 Å². The van der Waals surface area contributed by atoms with Gasteiger partial charge in [-0.25, -0.2) is 4.79 Å². The molecule has 0 N–H and O–H groups in total. The number of nitrogens with zero attached hydrogens (tertiary/aromatic N) is 2. The summed E-state index contributed by atoms with van der Waals surface area (Å²) in [6, 6.07) is 7.40. The number of hydrogen-bond donors (Lipinski definition) is 0. The molecule has 0 bridgehead atoms. The van der Waals surface area contributed by atoms with Crippen LogP contribution in [0.3, 0.4) is 0 Å². The number of benzene rings is 1. The van der Waals surface area contributed by atoms with Gasteiger partial charge in [0.15, 0.2) is 6.04 Å². The van der Waals surface area contributed by atoms with E-state index >= 15 is 0 Å². The number of carbonyl (C=O) groups is 1. The Labute approximate surface area is 159 Å². The Hall–Kier alpha value is -1.82. The minimum absolute atomic E-state index is 0.0811. The lowest BCUT2D eigenvalue weighted by Gasteiger charge is -2.39. The first-order valence-electron chi connectivity index (χ1n) is 8.98. The normalized spacial score (nSPS) is 26.0. The van der Waals surface area contributed by atoms with Crippen LogP contribution in [0.5, 0.6) is 5.75 Å². The van der Waals surface area contributed by atoms with Crippen LogP contribution in [0, 0.1) is 5.41 Å². The molecule has 2 unspecified atom stereocenters. The lowest BCUT2D eigenvalue weighted by molar-refractivity contribution is -0.144. The molecule has 0 aromatic heterocycles. The zero-order chi connectivity index (χ0) is 18.7. The van der Waals surface area contributed by atoms with Crippen molar-refractivity contribution in [2.75, 3.05) is 19.5 Å². The van der Waals surface area contributed by atoms with E-state index in [-0.39, 0.29) is 22.7 Å². The van der Waals surface area contributed by atoms with E-state index in [0.29, 0.717) is 12.4 Å². The maximum Gasteiger partial charge on any atom is 0.331 e. The molecular formula is C20H26N2O3S. The molecule has 2 aliphatic rings. The van der Waals surface area contributed by atoms with Crippen LogP contribution in [0.2, 0.25) is 0 Å². The smallest absolute Gasteiger partial charge is 0.331 e. The van der Waals surface area contributed by atoms with Gasteiger partial charge in [-0.15, -0.1) is 11.8 Å². The highest BCUT2D eigenvalue weighted by Crippen LogP contribution is 2.40. The van der Waals surface area contributed by atoms with Crippen molar-refractivity contribution in [1.29, 1.82) is 0 Å². The first-order chi connectivity index (χ1) is 12.4. The summed E-state index contributed by atoms with van der Waals surface area (Å²) < 4.78 is 10.4. The van der Waals surface area contributed by atoms with Crippen molar-refractivity contribution in [2.24, 2.45) is 15.4 Å². The summed E-state index contributed by atoms with van der Waals surface area (Å²) >= 11 is 1.76. The fourth-order valence-corrected chi connectivity index (χ4v) is 4.68. The monoisotopic (exact) mass is 374 g/mol. The number of rotatable bonds is 4. The van der Waals surface area contributed by atoms with Gasteiger partial charge in [-0.2, -0.15) is 0 Å². The summed E-state index contributed by atoms with van der Waals surface area (Å²) in [6.07, 6.45) is 1.82. The Morgan fingerprint density at radius 3 is 2.69 bits per heavy atom. The van der Waals surface area contributed by atoms with Crippen LogP contribution in [-0.2, 0) is 9.53 Å². The minimum atomic E-state index is -0.387. The molecule has 1 aliphatic heterocycles. The van der Waals surface area contributed by atoms with Crippen molar-refractivity contribution >= 4 is 34.8 Å². The van der Waals surface area contributed by atoms with E-state index in [4.69, 9.17) is 19.5 Å². The molecule has 5 nitrogen and oxygen atoms in total. The molecule has 1 heterocycles. The van der Waals surface area contributed by atoms with Crippen LogP contribution in [0.4, 0.5) is 5.69 Å². The van der Waals surface area contributed by atoms with E-state index in [0.717, 1.165) is 35.7 Å². The van der Waals surface area contributed by atoms with Gasteiger partial charge in [0.1, 0.15) is 5.75 Å². The van der Waals surface area contributed by atoms with Gasteiger partial charge >= 0.3 is 5.97 Å². The van der Waals surface area contributed by atoms with E-state index in [1.54, 1.807) is 18.9 Å². The summed E-state index contributed by atoms with van der Waals surface area (Å²) in [6.45, 7) is 6.68. The molecule has 0 spiro atoms. The number of fused-ring (bicyclic) bond motifs is 1. The maximum atomic E-state index is 12.1. The number of methoxy groups -OCH3 is 1. The first kappa shape index (κ1) is 19.0. The second-order valence-electron chi connectivity index (χ2n) is 7.42. The second-order valence-corrected chi connectivity index (χ2v) is 8.56. The van der Waals surface area contributed by atoms with Gasteiger partial charge in [0, 0.05) is 17.2 Å². The predicted octanol–water partition coefficient (Wildman–Crippen LogP) is 4.08. The van der Waals surface area contributed by atoms with Gasteiger partial charge in [0.2, 0.25) is 0 Å². The largest absolute Gasteiger partial charge is 0.497 e. The first-order valence-corrected chi connectivity index (χ1v) is 10.0. The van der Waals surface area contributed by atoms with Gasteiger partial charge in [-0.05, 0) is 49.4 Å². The standard InChI is InChI=1S/C20H26N2O3S/c1-5-25-19(23)17-12-26-18-15(10-20(2,3)11-16(18)22-17)21-13-6-8-14(24-4)9-7-13/h6-9,17-18H,5,10-12H2,1-4H3. The fourth-order valence-electron chi connectivity index (χ4n) is 3.43. The van der Waals surface area contributed by atoms with Crippen LogP contribution < -0.4 is 4.74 Å². The Morgan fingerprint density at radius 1 is 1.31 bits per heavy atom. The summed E-state index contributed by atoms with van der Waals surface area (Å²) in [5.74, 6) is 1.25. The Bertz CT molecular complexity index is 725. The average Bonchev–Trinajstić information content (AvgIpc) is 2.61. The number of carbonyl (C=O) groups excluding carboxylic acids is 1. The lowest BCUT2D eigenvalue weighted by atomic mass is 9.75. The molecule has 26 heavy (non-hydrogen) atoms. The zero-order valence-electron chi connectivity index (χ0n) is 15.8. The zero-order valence-corrected chi connectivity index (χ0v) is 16.6. The Balaban J connectivity index is 1.88. The summed E-state index contributed by atoms with van der Waals surface area (Å²) in [7, 11) is 1.66. The molecule has 140 valence electrons. The van der Waals surface area contributed by atoms with E-state index in [1.807, 2.05) is 31.2 Å². The molecule has 1 aliphatic carbocycles. The van der Waals surface area contributed by atoms with E-state index in [1.165, 1.54) is 0 Å². The highest BCUT2D eigenvalue weighted by molar-refractivity contribution is 8.01. The maximum absolute atomic E-state index is 12.1. The molecule has 0 saturated heterocycles. The SMILES string of the molecule is CCOC(=O)C1CSC2C(=Nc3ccc(OC)cc3)CC(C)(C)CC2=N1. The van der Waals surface area contributed by atoms with Gasteiger partial charge < -0.3 is 9.47 Å². The lowest BCUT2D eigenvalue weighted by Crippen LogP contribution is -2.44. The van der Waals surface area contributed by atoms with Crippen LogP contribution in [0.15, 0.2) is 34.3 Å². The third kappa shape index (κ3) is 4.29. The summed E-state index contributed by atoms with van der Waals surface area (Å²) in [5, 5.41) is 0.163. The highest BCUT2D eigenvalue weighted by Gasteiger charge is 2.40. The van der Waals surface area contributed by atoms with E-state index < -0.39 is 0 Å². The number of esters is 1. The van der Waals surface area contributed by atoms with Crippen molar-refractivity contribution < 1.29 is 14.3 Å². The van der Waals surface area contributed by atoms with Gasteiger partial charge in [0.25, 0.3) is 0 Å². The average molecular weight is 375 g/mol. The molecule has 3 rings (SSSR count). The van der Waals surface area contributed by atoms with E-state index in [9.17, 15) is 4.79 Å². The van der Waals surface area contributed by atoms with Crippen LogP contribution in [0.25, 0.3) is 0 Å². The van der Waals surface area contributed by atoms with Crippen molar-refractivity contribution in [1.82, 2.24) is 0 Å². The summed E-state index contributed by atoms with van der Waals surface area (Å²) in [5.41, 5.74) is 3.21. The van der Waals surface area contributed by atoms with Crippen molar-refractivity contribution in [3.8, 4) is 5.75 Å². The van der Waals surface area contributed by atoms with Gasteiger partial charge in [-0.3, -0.25) is 9.98 Å². The quantitative estimate of drug-likeness (QED) is 0.745. The second kappa shape index (κ2) is 7.82. The molecule has 6 heteroatoms. The Kier molecular flexibility index (Phi) is 5.70. The topological polar surface area (TPSA) is 60.2 Å². The molecule has 0 radical (unpaired) electrons. The third-order valence-electron chi connectivity index (χ3n) is 4.57. The van der Waals surface area contributed by atoms with Crippen LogP contribution in [-0.4, -0.2) is 48.2 Å². The molecule has 0 amide bonds. The molecular weight excluding hydrogens is 348 g/mol. The molecule has 1 aromatic rings. The Morgan fingerprint density at radius 2 is 2.04 bits per heavy atom. The summed E-state index contributed by atoms with van der Waals surface area (Å²) in [4.78, 5) is 21.8. The number of hydrogen-bond acceptors (Lipinski definition) is 6. The van der Waals surface area contributed by atoms with Crippen molar-refractivity contribution in [2.45, 2.75) is 44.9 Å².